The Hall–Kier alpha value is -2.55. The molecule has 0 aliphatic carbocycles. The monoisotopic (exact) mass is 309 g/mol. The fraction of sp³-hybridized carbons (Fsp3) is 0.250. The van der Waals surface area contributed by atoms with E-state index in [2.05, 4.69) is 21.5 Å². The molecule has 0 radical (unpaired) electrons. The number of allylic oxidation sites excluding steroid dienone is 2. The molecule has 0 spiro atoms. The molecule has 0 bridgehead atoms. The molecule has 2 rings (SSSR count). The summed E-state index contributed by atoms with van der Waals surface area (Å²) in [6.45, 7) is 13.7. The third kappa shape index (κ3) is 6.83. The second-order valence-corrected chi connectivity index (χ2v) is 3.82. The second-order valence-electron chi connectivity index (χ2n) is 3.82. The third-order valence-electron chi connectivity index (χ3n) is 2.49. The van der Waals surface area contributed by atoms with Crippen molar-refractivity contribution in [1.82, 2.24) is 9.97 Å². The topological polar surface area (TPSA) is 38.1 Å². The Morgan fingerprint density at radius 1 is 1.00 bits per heavy atom. The van der Waals surface area contributed by atoms with Gasteiger partial charge in [0, 0.05) is 12.4 Å². The molecule has 23 heavy (non-hydrogen) atoms. The fourth-order valence-corrected chi connectivity index (χ4v) is 1.61. The maximum atomic E-state index is 4.57. The quantitative estimate of drug-likeness (QED) is 0.679. The van der Waals surface area contributed by atoms with Crippen molar-refractivity contribution in [2.45, 2.75) is 34.6 Å². The molecule has 0 aliphatic heterocycles. The molecule has 0 amide bonds. The van der Waals surface area contributed by atoms with E-state index in [4.69, 9.17) is 0 Å². The van der Waals surface area contributed by atoms with E-state index in [1.54, 1.807) is 18.5 Å². The van der Waals surface area contributed by atoms with E-state index in [0.29, 0.717) is 0 Å². The summed E-state index contributed by atoms with van der Waals surface area (Å²) < 4.78 is 0. The minimum absolute atomic E-state index is 0.746. The second kappa shape index (κ2) is 13.1. The summed E-state index contributed by atoms with van der Waals surface area (Å²) in [5.41, 5.74) is 3.21. The highest BCUT2D eigenvalue weighted by molar-refractivity contribution is 6.07. The fourth-order valence-electron chi connectivity index (χ4n) is 1.61. The van der Waals surface area contributed by atoms with Crippen molar-refractivity contribution < 1.29 is 0 Å². The van der Waals surface area contributed by atoms with Crippen LogP contribution in [0.15, 0.2) is 72.5 Å². The van der Waals surface area contributed by atoms with E-state index in [9.17, 15) is 0 Å². The van der Waals surface area contributed by atoms with Crippen molar-refractivity contribution in [3.05, 3.63) is 73.2 Å². The van der Waals surface area contributed by atoms with Crippen molar-refractivity contribution >= 4 is 5.71 Å². The minimum atomic E-state index is 0.746. The van der Waals surface area contributed by atoms with Crippen LogP contribution in [0.5, 0.6) is 0 Å². The summed E-state index contributed by atoms with van der Waals surface area (Å²) in [4.78, 5) is 13.2. The van der Waals surface area contributed by atoms with Crippen molar-refractivity contribution in [3.63, 3.8) is 0 Å². The van der Waals surface area contributed by atoms with Gasteiger partial charge < -0.3 is 0 Å². The number of aliphatic imine (C=N–C) groups is 1. The summed E-state index contributed by atoms with van der Waals surface area (Å²) in [7, 11) is 0. The van der Waals surface area contributed by atoms with Gasteiger partial charge in [-0.3, -0.25) is 9.98 Å². The molecule has 2 aromatic heterocycles. The van der Waals surface area contributed by atoms with Crippen LogP contribution < -0.4 is 0 Å². The third-order valence-corrected chi connectivity index (χ3v) is 2.49. The summed E-state index contributed by atoms with van der Waals surface area (Å²) >= 11 is 0. The Morgan fingerprint density at radius 2 is 1.70 bits per heavy atom. The van der Waals surface area contributed by atoms with Crippen molar-refractivity contribution in [2.75, 3.05) is 0 Å². The molecule has 0 saturated heterocycles. The molecular weight excluding hydrogens is 282 g/mol. The van der Waals surface area contributed by atoms with Gasteiger partial charge in [-0.1, -0.05) is 52.5 Å². The van der Waals surface area contributed by atoms with Gasteiger partial charge in [-0.25, -0.2) is 4.98 Å². The lowest BCUT2D eigenvalue weighted by Crippen LogP contribution is -2.00. The lowest BCUT2D eigenvalue weighted by molar-refractivity contribution is 1.23. The first-order chi connectivity index (χ1) is 11.3. The largest absolute Gasteiger partial charge is 0.255 e. The van der Waals surface area contributed by atoms with Crippen LogP contribution in [0.2, 0.25) is 0 Å². The number of pyridine rings is 2. The highest BCUT2D eigenvalue weighted by atomic mass is 14.8. The summed E-state index contributed by atoms with van der Waals surface area (Å²) in [5.74, 6) is 0. The summed E-state index contributed by atoms with van der Waals surface area (Å²) in [5, 5.41) is 0. The van der Waals surface area contributed by atoms with Crippen molar-refractivity contribution in [1.29, 1.82) is 0 Å². The summed E-state index contributed by atoms with van der Waals surface area (Å²) in [6, 6.07) is 11.6. The lowest BCUT2D eigenvalue weighted by atomic mass is 10.2. The van der Waals surface area contributed by atoms with E-state index in [-0.39, 0.29) is 0 Å². The Labute approximate surface area is 140 Å². The van der Waals surface area contributed by atoms with Crippen LogP contribution in [0.4, 0.5) is 0 Å². The van der Waals surface area contributed by atoms with Crippen LogP contribution in [0, 0.1) is 0 Å². The molecule has 0 fully saturated rings. The van der Waals surface area contributed by atoms with Crippen LogP contribution >= 0.6 is 0 Å². The number of hydrogen-bond acceptors (Lipinski definition) is 3. The number of hydrogen-bond donors (Lipinski definition) is 0. The Balaban J connectivity index is 0.00000112. The van der Waals surface area contributed by atoms with E-state index in [0.717, 1.165) is 22.8 Å². The summed E-state index contributed by atoms with van der Waals surface area (Å²) in [6.07, 6.45) is 7.05. The molecular formula is C20H27N3. The van der Waals surface area contributed by atoms with E-state index < -0.39 is 0 Å². The van der Waals surface area contributed by atoms with Gasteiger partial charge in [0.05, 0.1) is 22.8 Å². The molecule has 2 heterocycles. The molecule has 0 aliphatic rings. The average molecular weight is 309 g/mol. The highest BCUT2D eigenvalue weighted by Gasteiger charge is 2.04. The highest BCUT2D eigenvalue weighted by Crippen LogP contribution is 2.14. The predicted molar refractivity (Wildman–Crippen MR) is 102 cm³/mol. The first-order valence-electron chi connectivity index (χ1n) is 8.05. The van der Waals surface area contributed by atoms with Gasteiger partial charge in [0.1, 0.15) is 0 Å². The van der Waals surface area contributed by atoms with Gasteiger partial charge in [0.2, 0.25) is 0 Å². The van der Waals surface area contributed by atoms with Gasteiger partial charge >= 0.3 is 0 Å². The molecule has 0 N–H and O–H groups in total. The Morgan fingerprint density at radius 3 is 2.26 bits per heavy atom. The van der Waals surface area contributed by atoms with Crippen molar-refractivity contribution in [2.24, 2.45) is 4.99 Å². The molecule has 0 aromatic carbocycles. The first-order valence-corrected chi connectivity index (χ1v) is 8.05. The van der Waals surface area contributed by atoms with Crippen LogP contribution in [0.3, 0.4) is 0 Å². The predicted octanol–water partition coefficient (Wildman–Crippen LogP) is 5.70. The maximum Gasteiger partial charge on any atom is 0.0894 e. The number of nitrogens with zero attached hydrogens (tertiary/aromatic N) is 3. The van der Waals surface area contributed by atoms with Gasteiger partial charge in [-0.2, -0.15) is 0 Å². The first kappa shape index (κ1) is 20.5. The van der Waals surface area contributed by atoms with Crippen LogP contribution in [0.25, 0.3) is 11.4 Å². The molecule has 3 nitrogen and oxygen atoms in total. The van der Waals surface area contributed by atoms with Gasteiger partial charge in [-0.05, 0) is 37.3 Å². The van der Waals surface area contributed by atoms with Crippen molar-refractivity contribution in [3.8, 4) is 11.4 Å². The SMILES string of the molecule is C=CC(=N/C=C\C)c1cccc(-c2ccccn2)n1.CC.CC. The zero-order valence-corrected chi connectivity index (χ0v) is 14.8. The van der Waals surface area contributed by atoms with E-state index in [1.165, 1.54) is 0 Å². The number of aromatic nitrogens is 2. The average Bonchev–Trinajstić information content (AvgIpc) is 2.67. The van der Waals surface area contributed by atoms with Crippen LogP contribution in [-0.2, 0) is 0 Å². The Kier molecular flexibility index (Phi) is 11.7. The molecule has 0 saturated carbocycles. The van der Waals surface area contributed by atoms with Gasteiger partial charge in [0.15, 0.2) is 0 Å². The lowest BCUT2D eigenvalue weighted by Gasteiger charge is -2.03. The van der Waals surface area contributed by atoms with Crippen LogP contribution in [-0.4, -0.2) is 15.7 Å². The molecule has 0 atom stereocenters. The minimum Gasteiger partial charge on any atom is -0.255 e. The molecule has 2 aromatic rings. The van der Waals surface area contributed by atoms with Gasteiger partial charge in [-0.15, -0.1) is 0 Å². The molecule has 122 valence electrons. The smallest absolute Gasteiger partial charge is 0.0894 e. The van der Waals surface area contributed by atoms with E-state index in [1.807, 2.05) is 77.1 Å². The normalized spacial score (nSPS) is 10.2. The zero-order chi connectivity index (χ0) is 17.5. The zero-order valence-electron chi connectivity index (χ0n) is 14.8. The van der Waals surface area contributed by atoms with Gasteiger partial charge in [0.25, 0.3) is 0 Å². The standard InChI is InChI=1S/C16H15N3.2C2H6/c1-3-11-17-13(4-2)15-9-7-10-16(19-15)14-8-5-6-12-18-14;2*1-2/h3-12H,2H2,1H3;2*1-2H3/b11-3-,17-13?;;. The van der Waals surface area contributed by atoms with E-state index >= 15 is 0 Å². The Bertz CT molecular complexity index is 614. The molecule has 3 heteroatoms. The molecule has 0 unspecified atom stereocenters. The van der Waals surface area contributed by atoms with Crippen LogP contribution in [0.1, 0.15) is 40.3 Å². The maximum absolute atomic E-state index is 4.57. The number of rotatable bonds is 4.